The molecule has 0 aliphatic carbocycles. The molecule has 0 saturated carbocycles. The number of carbonyl (C=O) groups is 1. The second-order valence-corrected chi connectivity index (χ2v) is 5.18. The third-order valence-corrected chi connectivity index (χ3v) is 3.24. The molecule has 0 aromatic heterocycles. The van der Waals surface area contributed by atoms with Crippen molar-refractivity contribution in [2.24, 2.45) is 5.73 Å². The number of carbonyl (C=O) groups excluding carboxylic acids is 1. The van der Waals surface area contributed by atoms with Crippen LogP contribution >= 0.6 is 12.4 Å². The normalized spacial score (nSPS) is 21.6. The monoisotopic (exact) mass is 278 g/mol. The topological polar surface area (TPSA) is 55.6 Å². The summed E-state index contributed by atoms with van der Waals surface area (Å²) in [5, 5.41) is 0. The van der Waals surface area contributed by atoms with E-state index in [-0.39, 0.29) is 36.5 Å². The number of hydrogen-bond acceptors (Lipinski definition) is 3. The second-order valence-electron chi connectivity index (χ2n) is 5.18. The van der Waals surface area contributed by atoms with Crippen molar-refractivity contribution < 1.29 is 9.53 Å². The van der Waals surface area contributed by atoms with Gasteiger partial charge in [-0.05, 0) is 40.0 Å². The van der Waals surface area contributed by atoms with Gasteiger partial charge >= 0.3 is 0 Å². The summed E-state index contributed by atoms with van der Waals surface area (Å²) in [5.41, 5.74) is 5.95. The molecule has 108 valence electrons. The molecule has 1 heterocycles. The number of amides is 1. The molecule has 0 radical (unpaired) electrons. The maximum absolute atomic E-state index is 12.1. The molecule has 18 heavy (non-hydrogen) atoms. The molecule has 2 atom stereocenters. The van der Waals surface area contributed by atoms with Gasteiger partial charge in [-0.2, -0.15) is 0 Å². The van der Waals surface area contributed by atoms with Gasteiger partial charge in [-0.3, -0.25) is 4.79 Å². The van der Waals surface area contributed by atoms with Gasteiger partial charge in [-0.1, -0.05) is 0 Å². The van der Waals surface area contributed by atoms with E-state index < -0.39 is 0 Å². The lowest BCUT2D eigenvalue weighted by Crippen LogP contribution is -2.51. The van der Waals surface area contributed by atoms with Gasteiger partial charge in [0, 0.05) is 18.6 Å². The first-order valence-electron chi connectivity index (χ1n) is 6.69. The minimum atomic E-state index is 0. The van der Waals surface area contributed by atoms with Crippen molar-refractivity contribution in [3.05, 3.63) is 0 Å². The minimum absolute atomic E-state index is 0. The average molecular weight is 279 g/mol. The molecule has 1 aliphatic heterocycles. The molecule has 0 aromatic carbocycles. The minimum Gasteiger partial charge on any atom is -0.378 e. The molecule has 2 unspecified atom stereocenters. The molecule has 4 nitrogen and oxygen atoms in total. The molecule has 1 amide bonds. The van der Waals surface area contributed by atoms with Crippen molar-refractivity contribution in [2.75, 3.05) is 13.2 Å². The molecule has 0 spiro atoms. The van der Waals surface area contributed by atoms with E-state index in [4.69, 9.17) is 10.5 Å². The lowest BCUT2D eigenvalue weighted by Gasteiger charge is -2.38. The van der Waals surface area contributed by atoms with Crippen molar-refractivity contribution in [1.82, 2.24) is 4.90 Å². The second kappa shape index (κ2) is 8.73. The first-order valence-corrected chi connectivity index (χ1v) is 6.69. The molecule has 1 fully saturated rings. The number of likely N-dealkylation sites (tertiary alicyclic amines) is 1. The fourth-order valence-electron chi connectivity index (χ4n) is 2.34. The molecule has 2 N–H and O–H groups in total. The van der Waals surface area contributed by atoms with Crippen molar-refractivity contribution in [2.45, 2.75) is 64.6 Å². The number of rotatable bonds is 5. The van der Waals surface area contributed by atoms with Crippen molar-refractivity contribution >= 4 is 18.3 Å². The Morgan fingerprint density at radius 2 is 2.06 bits per heavy atom. The van der Waals surface area contributed by atoms with Crippen LogP contribution < -0.4 is 5.73 Å². The van der Waals surface area contributed by atoms with Crippen LogP contribution in [0.1, 0.15) is 46.5 Å². The summed E-state index contributed by atoms with van der Waals surface area (Å²) in [6.45, 7) is 7.32. The lowest BCUT2D eigenvalue weighted by atomic mass is 9.96. The Morgan fingerprint density at radius 1 is 1.39 bits per heavy atom. The number of piperidine rings is 1. The first-order chi connectivity index (χ1) is 8.02. The van der Waals surface area contributed by atoms with Crippen molar-refractivity contribution in [3.8, 4) is 0 Å². The quantitative estimate of drug-likeness (QED) is 0.836. The summed E-state index contributed by atoms with van der Waals surface area (Å²) in [5.74, 6) is 0.188. The molecule has 0 bridgehead atoms. The Bertz CT molecular complexity index is 247. The number of halogens is 1. The predicted octanol–water partition coefficient (Wildman–Crippen LogP) is 1.95. The van der Waals surface area contributed by atoms with Crippen LogP contribution in [0, 0.1) is 0 Å². The van der Waals surface area contributed by atoms with Gasteiger partial charge in [0.15, 0.2) is 0 Å². The predicted molar refractivity (Wildman–Crippen MR) is 76.0 cm³/mol. The fourth-order valence-corrected chi connectivity index (χ4v) is 2.34. The number of ether oxygens (including phenoxy) is 1. The van der Waals surface area contributed by atoms with Crippen molar-refractivity contribution in [3.63, 3.8) is 0 Å². The van der Waals surface area contributed by atoms with Crippen LogP contribution in [-0.4, -0.2) is 42.1 Å². The summed E-state index contributed by atoms with van der Waals surface area (Å²) in [6, 6.07) is 0.278. The van der Waals surface area contributed by atoms with E-state index in [2.05, 4.69) is 0 Å². The highest BCUT2D eigenvalue weighted by atomic mass is 35.5. The van der Waals surface area contributed by atoms with Crippen LogP contribution in [0.2, 0.25) is 0 Å². The van der Waals surface area contributed by atoms with Crippen LogP contribution in [0.5, 0.6) is 0 Å². The van der Waals surface area contributed by atoms with Crippen LogP contribution in [0.3, 0.4) is 0 Å². The van der Waals surface area contributed by atoms with Gasteiger partial charge < -0.3 is 15.4 Å². The van der Waals surface area contributed by atoms with Gasteiger partial charge in [-0.25, -0.2) is 0 Å². The van der Waals surface area contributed by atoms with Crippen LogP contribution in [0.4, 0.5) is 0 Å². The van der Waals surface area contributed by atoms with E-state index in [0.717, 1.165) is 19.4 Å². The van der Waals surface area contributed by atoms with Gasteiger partial charge in [0.05, 0.1) is 19.1 Å². The molecule has 1 saturated heterocycles. The maximum Gasteiger partial charge on any atom is 0.225 e. The standard InChI is InChI=1S/C13H26N2O2.ClH/c1-10(2)17-9-7-13(16)15-8-5-4-6-12(15)11(3)14;/h10-12H,4-9,14H2,1-3H3;1H. The highest BCUT2D eigenvalue weighted by Crippen LogP contribution is 2.19. The van der Waals surface area contributed by atoms with Gasteiger partial charge in [0.25, 0.3) is 0 Å². The molecule has 5 heteroatoms. The number of nitrogens with zero attached hydrogens (tertiary/aromatic N) is 1. The molecular weight excluding hydrogens is 252 g/mol. The Balaban J connectivity index is 0.00000289. The van der Waals surface area contributed by atoms with Crippen LogP contribution in [0.15, 0.2) is 0 Å². The SMILES string of the molecule is CC(C)OCCC(=O)N1CCCCC1C(C)N.Cl. The molecular formula is C13H27ClN2O2. The Morgan fingerprint density at radius 3 is 2.61 bits per heavy atom. The summed E-state index contributed by atoms with van der Waals surface area (Å²) in [4.78, 5) is 14.0. The van der Waals surface area contributed by atoms with Crippen molar-refractivity contribution in [1.29, 1.82) is 0 Å². The van der Waals surface area contributed by atoms with E-state index in [1.165, 1.54) is 6.42 Å². The first kappa shape index (κ1) is 17.7. The largest absolute Gasteiger partial charge is 0.378 e. The third-order valence-electron chi connectivity index (χ3n) is 3.24. The maximum atomic E-state index is 12.1. The van der Waals surface area contributed by atoms with Gasteiger partial charge in [-0.15, -0.1) is 12.4 Å². The Kier molecular flexibility index (Phi) is 8.57. The number of nitrogens with two attached hydrogens (primary N) is 1. The zero-order chi connectivity index (χ0) is 12.8. The summed E-state index contributed by atoms with van der Waals surface area (Å²) >= 11 is 0. The molecule has 0 aromatic rings. The molecule has 1 rings (SSSR count). The molecule has 1 aliphatic rings. The van der Waals surface area contributed by atoms with E-state index in [1.807, 2.05) is 25.7 Å². The van der Waals surface area contributed by atoms with Gasteiger partial charge in [0.2, 0.25) is 5.91 Å². The van der Waals surface area contributed by atoms with Gasteiger partial charge in [0.1, 0.15) is 0 Å². The zero-order valence-electron chi connectivity index (χ0n) is 11.7. The smallest absolute Gasteiger partial charge is 0.225 e. The summed E-state index contributed by atoms with van der Waals surface area (Å²) < 4.78 is 5.42. The Labute approximate surface area is 117 Å². The summed E-state index contributed by atoms with van der Waals surface area (Å²) in [7, 11) is 0. The van der Waals surface area contributed by atoms with E-state index >= 15 is 0 Å². The summed E-state index contributed by atoms with van der Waals surface area (Å²) in [6.07, 6.45) is 3.97. The van der Waals surface area contributed by atoms with E-state index in [9.17, 15) is 4.79 Å². The highest BCUT2D eigenvalue weighted by Gasteiger charge is 2.28. The van der Waals surface area contributed by atoms with E-state index in [1.54, 1.807) is 0 Å². The lowest BCUT2D eigenvalue weighted by molar-refractivity contribution is -0.136. The van der Waals surface area contributed by atoms with Crippen LogP contribution in [-0.2, 0) is 9.53 Å². The van der Waals surface area contributed by atoms with Crippen LogP contribution in [0.25, 0.3) is 0 Å². The number of hydrogen-bond donors (Lipinski definition) is 1. The average Bonchev–Trinajstić information content (AvgIpc) is 2.28. The fraction of sp³-hybridized carbons (Fsp3) is 0.923. The Hall–Kier alpha value is -0.320. The van der Waals surface area contributed by atoms with E-state index in [0.29, 0.717) is 13.0 Å². The highest BCUT2D eigenvalue weighted by molar-refractivity contribution is 5.85. The third kappa shape index (κ3) is 5.55. The zero-order valence-corrected chi connectivity index (χ0v) is 12.5.